The average molecular weight is 513 g/mol. The van der Waals surface area contributed by atoms with Crippen LogP contribution in [0.15, 0.2) is 6.33 Å². The standard InChI is InChI=1S/C28H48N8O/c1-3-5-10-24(37-4-2)20-15-17-35(18-16-20)34-26-25-27(36(19-30-25)23-8-6-7-9-23)33-28(32-26)31-22-13-11-21(29)12-14-22/h19-24H,3-18,29H2,1-2H3,(H2,31,32,33,34). The molecule has 0 bridgehead atoms. The Morgan fingerprint density at radius 2 is 1.78 bits per heavy atom. The van der Waals surface area contributed by atoms with E-state index in [-0.39, 0.29) is 0 Å². The fraction of sp³-hybridized carbons (Fsp3) is 0.821. The van der Waals surface area contributed by atoms with E-state index in [9.17, 15) is 0 Å². The van der Waals surface area contributed by atoms with E-state index in [1.807, 2.05) is 6.33 Å². The first-order chi connectivity index (χ1) is 18.1. The summed E-state index contributed by atoms with van der Waals surface area (Å²) in [6.07, 6.45) is 17.5. The molecule has 1 unspecified atom stereocenters. The first-order valence-corrected chi connectivity index (χ1v) is 15.0. The van der Waals surface area contributed by atoms with Gasteiger partial charge in [0.2, 0.25) is 5.95 Å². The Labute approximate surface area is 222 Å². The maximum atomic E-state index is 6.15. The SMILES string of the molecule is CCCCC(OCC)C1CCN(Nc2nc(NC3CCC(N)CC3)nc3c2ncn3C2CCCC2)CC1. The van der Waals surface area contributed by atoms with Crippen molar-refractivity contribution in [2.45, 2.75) is 122 Å². The molecule has 4 N–H and O–H groups in total. The largest absolute Gasteiger partial charge is 0.378 e. The molecule has 5 rings (SSSR count). The lowest BCUT2D eigenvalue weighted by Gasteiger charge is -2.36. The number of nitrogens with one attached hydrogen (secondary N) is 2. The third-order valence-corrected chi connectivity index (χ3v) is 8.80. The monoisotopic (exact) mass is 512 g/mol. The molecule has 2 aromatic heterocycles. The number of rotatable bonds is 11. The zero-order valence-corrected chi connectivity index (χ0v) is 23.0. The summed E-state index contributed by atoms with van der Waals surface area (Å²) in [4.78, 5) is 14.8. The van der Waals surface area contributed by atoms with Crippen molar-refractivity contribution in [3.63, 3.8) is 0 Å². The summed E-state index contributed by atoms with van der Waals surface area (Å²) in [6, 6.07) is 1.19. The minimum absolute atomic E-state index is 0.328. The van der Waals surface area contributed by atoms with E-state index in [0.29, 0.717) is 36.1 Å². The number of hydrogen-bond acceptors (Lipinski definition) is 8. The Bertz CT molecular complexity index is 974. The maximum absolute atomic E-state index is 6.15. The van der Waals surface area contributed by atoms with Crippen LogP contribution in [0.4, 0.5) is 11.8 Å². The van der Waals surface area contributed by atoms with Gasteiger partial charge in [-0.15, -0.1) is 0 Å². The van der Waals surface area contributed by atoms with Crippen LogP contribution in [0.5, 0.6) is 0 Å². The second-order valence-electron chi connectivity index (χ2n) is 11.5. The van der Waals surface area contributed by atoms with E-state index in [1.165, 1.54) is 44.9 Å². The molecule has 37 heavy (non-hydrogen) atoms. The second-order valence-corrected chi connectivity index (χ2v) is 11.5. The molecule has 9 nitrogen and oxygen atoms in total. The van der Waals surface area contributed by atoms with Crippen LogP contribution in [0.25, 0.3) is 11.2 Å². The molecule has 0 amide bonds. The molecule has 9 heteroatoms. The zero-order valence-electron chi connectivity index (χ0n) is 23.0. The van der Waals surface area contributed by atoms with Gasteiger partial charge in [-0.1, -0.05) is 32.6 Å². The van der Waals surface area contributed by atoms with Gasteiger partial charge >= 0.3 is 0 Å². The van der Waals surface area contributed by atoms with E-state index in [4.69, 9.17) is 25.4 Å². The number of aromatic nitrogens is 4. The quantitative estimate of drug-likeness (QED) is 0.374. The number of unbranched alkanes of at least 4 members (excludes halogenated alkanes) is 1. The van der Waals surface area contributed by atoms with Gasteiger partial charge in [-0.3, -0.25) is 0 Å². The topological polar surface area (TPSA) is 106 Å². The van der Waals surface area contributed by atoms with Gasteiger partial charge in [-0.2, -0.15) is 9.97 Å². The highest BCUT2D eigenvalue weighted by molar-refractivity contribution is 5.84. The Morgan fingerprint density at radius 1 is 1.03 bits per heavy atom. The van der Waals surface area contributed by atoms with Crippen LogP contribution >= 0.6 is 0 Å². The number of ether oxygens (including phenoxy) is 1. The molecule has 0 radical (unpaired) electrons. The van der Waals surface area contributed by atoms with E-state index in [0.717, 1.165) is 75.2 Å². The summed E-state index contributed by atoms with van der Waals surface area (Å²) in [6.45, 7) is 7.15. The van der Waals surface area contributed by atoms with Crippen LogP contribution < -0.4 is 16.5 Å². The normalized spacial score (nSPS) is 25.1. The molecule has 2 saturated carbocycles. The van der Waals surface area contributed by atoms with Gasteiger partial charge in [0.1, 0.15) is 0 Å². The van der Waals surface area contributed by atoms with Gasteiger partial charge < -0.3 is 25.8 Å². The predicted octanol–water partition coefficient (Wildman–Crippen LogP) is 5.26. The van der Waals surface area contributed by atoms with Crippen molar-refractivity contribution in [1.29, 1.82) is 0 Å². The van der Waals surface area contributed by atoms with Crippen molar-refractivity contribution in [3.05, 3.63) is 6.33 Å². The molecule has 0 aromatic carbocycles. The summed E-state index contributed by atoms with van der Waals surface area (Å²) in [7, 11) is 0. The van der Waals surface area contributed by atoms with Gasteiger partial charge in [0.25, 0.3) is 0 Å². The highest BCUT2D eigenvalue weighted by Gasteiger charge is 2.28. The van der Waals surface area contributed by atoms with Crippen molar-refractivity contribution in [2.75, 3.05) is 30.4 Å². The first-order valence-electron chi connectivity index (χ1n) is 15.0. The summed E-state index contributed by atoms with van der Waals surface area (Å²) in [5.74, 6) is 2.16. The molecule has 1 aliphatic heterocycles. The molecule has 3 fully saturated rings. The molecule has 2 aliphatic carbocycles. The van der Waals surface area contributed by atoms with Crippen LogP contribution in [0, 0.1) is 5.92 Å². The summed E-state index contributed by atoms with van der Waals surface area (Å²) in [5, 5.41) is 5.96. The Balaban J connectivity index is 1.31. The number of hydrogen-bond donors (Lipinski definition) is 3. The van der Waals surface area contributed by atoms with Gasteiger partial charge in [-0.05, 0) is 70.6 Å². The summed E-state index contributed by atoms with van der Waals surface area (Å²) < 4.78 is 8.45. The molecule has 206 valence electrons. The smallest absolute Gasteiger partial charge is 0.227 e. The predicted molar refractivity (Wildman–Crippen MR) is 150 cm³/mol. The lowest BCUT2D eigenvalue weighted by molar-refractivity contribution is -0.00703. The molecule has 1 atom stereocenters. The number of anilines is 2. The Morgan fingerprint density at radius 3 is 2.49 bits per heavy atom. The number of nitrogens with zero attached hydrogens (tertiary/aromatic N) is 5. The highest BCUT2D eigenvalue weighted by Crippen LogP contribution is 2.34. The molecule has 3 heterocycles. The van der Waals surface area contributed by atoms with E-state index < -0.39 is 0 Å². The molecular formula is C28H48N8O. The van der Waals surface area contributed by atoms with Crippen molar-refractivity contribution in [1.82, 2.24) is 24.5 Å². The number of nitrogens with two attached hydrogens (primary N) is 1. The van der Waals surface area contributed by atoms with Crippen molar-refractivity contribution in [3.8, 4) is 0 Å². The van der Waals surface area contributed by atoms with Crippen LogP contribution in [-0.2, 0) is 4.74 Å². The number of imidazole rings is 1. The first kappa shape index (κ1) is 26.6. The zero-order chi connectivity index (χ0) is 25.6. The summed E-state index contributed by atoms with van der Waals surface area (Å²) >= 11 is 0. The Kier molecular flexibility index (Phi) is 9.15. The molecule has 3 aliphatic rings. The van der Waals surface area contributed by atoms with E-state index >= 15 is 0 Å². The average Bonchev–Trinajstić information content (AvgIpc) is 3.59. The summed E-state index contributed by atoms with van der Waals surface area (Å²) in [5.41, 5.74) is 11.6. The maximum Gasteiger partial charge on any atom is 0.227 e. The highest BCUT2D eigenvalue weighted by atomic mass is 16.5. The third kappa shape index (κ3) is 6.55. The van der Waals surface area contributed by atoms with Gasteiger partial charge in [0.05, 0.1) is 12.4 Å². The fourth-order valence-corrected chi connectivity index (χ4v) is 6.56. The minimum Gasteiger partial charge on any atom is -0.378 e. The van der Waals surface area contributed by atoms with Crippen molar-refractivity contribution < 1.29 is 4.74 Å². The van der Waals surface area contributed by atoms with Gasteiger partial charge in [0.15, 0.2) is 17.0 Å². The molecule has 0 spiro atoms. The lowest BCUT2D eigenvalue weighted by atomic mass is 9.89. The van der Waals surface area contributed by atoms with Crippen LogP contribution in [0.1, 0.15) is 103 Å². The lowest BCUT2D eigenvalue weighted by Crippen LogP contribution is -2.41. The third-order valence-electron chi connectivity index (χ3n) is 8.80. The van der Waals surface area contributed by atoms with Crippen molar-refractivity contribution >= 4 is 22.9 Å². The molecule has 1 saturated heterocycles. The van der Waals surface area contributed by atoms with E-state index in [2.05, 4.69) is 34.2 Å². The van der Waals surface area contributed by atoms with Crippen molar-refractivity contribution in [2.24, 2.45) is 11.7 Å². The van der Waals surface area contributed by atoms with Crippen LogP contribution in [-0.4, -0.2) is 62.4 Å². The number of piperidine rings is 1. The fourth-order valence-electron chi connectivity index (χ4n) is 6.56. The Hall–Kier alpha value is -1.97. The molecule has 2 aromatic rings. The van der Waals surface area contributed by atoms with Crippen LogP contribution in [0.3, 0.4) is 0 Å². The second kappa shape index (κ2) is 12.7. The minimum atomic E-state index is 0.328. The van der Waals surface area contributed by atoms with Gasteiger partial charge in [-0.25, -0.2) is 9.99 Å². The molecular weight excluding hydrogens is 464 g/mol. The van der Waals surface area contributed by atoms with Gasteiger partial charge in [0, 0.05) is 37.8 Å². The van der Waals surface area contributed by atoms with Crippen LogP contribution in [0.2, 0.25) is 0 Å². The van der Waals surface area contributed by atoms with E-state index in [1.54, 1.807) is 0 Å². The number of hydrazine groups is 1. The number of fused-ring (bicyclic) bond motifs is 1.